The van der Waals surface area contributed by atoms with E-state index in [1.54, 1.807) is 6.92 Å². The van der Waals surface area contributed by atoms with Crippen LogP contribution >= 0.6 is 0 Å². The topological polar surface area (TPSA) is 236 Å². The zero-order valence-electron chi connectivity index (χ0n) is 43.0. The minimum Gasteiger partial charge on any atom is -0.462 e. The van der Waals surface area contributed by atoms with Crippen molar-refractivity contribution in [3.8, 4) is 0 Å². The van der Waals surface area contributed by atoms with Gasteiger partial charge in [-0.05, 0) is 83.2 Å². The summed E-state index contributed by atoms with van der Waals surface area (Å²) in [6.07, 6.45) is 5.75. The van der Waals surface area contributed by atoms with E-state index < -0.39 is 140 Å². The SMILES string of the molecule is C=CC(=O)OCC(COCC(COC(=O)C=C)(COC(=O)C=C)COC(=O)NC1CC(C)(C)CC(C)(NC(=O)OC(C)COCCC[Si](C)(C)O[Si](C)(C)CCC)C1)(COC(=O)C=C)COC(=O)C=C. The van der Waals surface area contributed by atoms with Crippen molar-refractivity contribution in [1.82, 2.24) is 10.6 Å². The van der Waals surface area contributed by atoms with Crippen LogP contribution in [0.1, 0.15) is 66.7 Å². The predicted octanol–water partition coefficient (Wildman–Crippen LogP) is 7.04. The second-order valence-corrected chi connectivity index (χ2v) is 29.0. The molecule has 0 bridgehead atoms. The molecule has 2 N–H and O–H groups in total. The van der Waals surface area contributed by atoms with Crippen molar-refractivity contribution in [3.63, 3.8) is 0 Å². The van der Waals surface area contributed by atoms with Gasteiger partial charge in [0.25, 0.3) is 0 Å². The summed E-state index contributed by atoms with van der Waals surface area (Å²) in [6, 6.07) is 1.60. The first-order valence-electron chi connectivity index (χ1n) is 23.4. The van der Waals surface area contributed by atoms with Crippen molar-refractivity contribution in [2.75, 3.05) is 66.1 Å². The Labute approximate surface area is 416 Å². The van der Waals surface area contributed by atoms with Gasteiger partial charge in [0.05, 0.1) is 30.7 Å². The largest absolute Gasteiger partial charge is 0.462 e. The van der Waals surface area contributed by atoms with E-state index in [0.717, 1.165) is 55.3 Å². The van der Waals surface area contributed by atoms with Crippen LogP contribution in [-0.4, -0.2) is 142 Å². The molecule has 1 aliphatic rings. The number of carbonyl (C=O) groups excluding carboxylic acids is 7. The standard InChI is InChI=1S/C49H80N2O17Si2/c1-15-23-69(11,12)68-70(13,14)24-21-22-59-27-37(7)67-45(58)51-47(10)26-38(25-46(8,9)28-47)50-44(57)66-36-49(34-64-42(55)19-5,35-65-43(56)20-6)30-60-29-48(31-61-39(52)16-2,32-62-40(53)17-3)33-63-41(54)18-4/h16-20,37-38H,2-6,15,21-36H2,1,7-14H3,(H,50,57)(H,51,58). The van der Waals surface area contributed by atoms with Gasteiger partial charge in [0.1, 0.15) is 45.7 Å². The monoisotopic (exact) mass is 1020 g/mol. The van der Waals surface area contributed by atoms with Crippen molar-refractivity contribution in [2.24, 2.45) is 16.2 Å². The lowest BCUT2D eigenvalue weighted by atomic mass is 9.67. The number of nitrogens with one attached hydrogen (secondary N) is 2. The molecule has 0 spiro atoms. The minimum atomic E-state index is -1.83. The van der Waals surface area contributed by atoms with Crippen LogP contribution in [0.2, 0.25) is 38.3 Å². The summed E-state index contributed by atoms with van der Waals surface area (Å²) in [5.74, 6) is -4.30. The third-order valence-electron chi connectivity index (χ3n) is 11.0. The van der Waals surface area contributed by atoms with Crippen molar-refractivity contribution < 1.29 is 80.3 Å². The molecule has 1 saturated carbocycles. The highest BCUT2D eigenvalue weighted by Crippen LogP contribution is 2.41. The highest BCUT2D eigenvalue weighted by atomic mass is 28.4. The Hall–Kier alpha value is -5.10. The van der Waals surface area contributed by atoms with Crippen LogP contribution in [0.5, 0.6) is 0 Å². The fourth-order valence-corrected chi connectivity index (χ4v) is 17.3. The molecule has 21 heteroatoms. The van der Waals surface area contributed by atoms with Gasteiger partial charge in [0, 0.05) is 48.6 Å². The number of esters is 5. The third-order valence-corrected chi connectivity index (χ3v) is 18.7. The molecule has 1 rings (SSSR count). The van der Waals surface area contributed by atoms with Crippen molar-refractivity contribution in [3.05, 3.63) is 63.3 Å². The molecular formula is C49H80N2O17Si2. The van der Waals surface area contributed by atoms with Crippen LogP contribution in [0.15, 0.2) is 63.3 Å². The molecule has 0 aromatic rings. The highest BCUT2D eigenvalue weighted by Gasteiger charge is 2.45. The van der Waals surface area contributed by atoms with Gasteiger partial charge in [-0.1, -0.05) is 60.1 Å². The maximum Gasteiger partial charge on any atom is 0.407 e. The molecule has 1 fully saturated rings. The summed E-state index contributed by atoms with van der Waals surface area (Å²) in [6.45, 7) is 32.3. The maximum absolute atomic E-state index is 13.7. The van der Waals surface area contributed by atoms with Crippen LogP contribution in [-0.2, 0) is 70.7 Å². The molecule has 0 radical (unpaired) electrons. The van der Waals surface area contributed by atoms with Crippen LogP contribution in [0.4, 0.5) is 9.59 Å². The smallest absolute Gasteiger partial charge is 0.407 e. The molecular weight excluding hydrogens is 945 g/mol. The van der Waals surface area contributed by atoms with E-state index in [1.165, 1.54) is 0 Å². The normalized spacial score (nSPS) is 17.2. The van der Waals surface area contributed by atoms with Crippen molar-refractivity contribution in [1.29, 1.82) is 0 Å². The van der Waals surface area contributed by atoms with E-state index in [-0.39, 0.29) is 12.0 Å². The Morgan fingerprint density at radius 1 is 0.614 bits per heavy atom. The average Bonchev–Trinajstić information content (AvgIpc) is 3.27. The van der Waals surface area contributed by atoms with E-state index >= 15 is 0 Å². The minimum absolute atomic E-state index is 0.221. The fraction of sp³-hybridized carbons (Fsp3) is 0.653. The molecule has 3 unspecified atom stereocenters. The first kappa shape index (κ1) is 62.9. The van der Waals surface area contributed by atoms with E-state index in [2.05, 4.69) is 76.6 Å². The van der Waals surface area contributed by atoms with Gasteiger partial charge in [-0.15, -0.1) is 0 Å². The second-order valence-electron chi connectivity index (χ2n) is 20.2. The first-order chi connectivity index (χ1) is 32.6. The van der Waals surface area contributed by atoms with E-state index in [0.29, 0.717) is 25.9 Å². The molecule has 0 aromatic carbocycles. The number of amides is 2. The van der Waals surface area contributed by atoms with Gasteiger partial charge in [0.15, 0.2) is 16.6 Å². The number of ether oxygens (including phenoxy) is 9. The van der Waals surface area contributed by atoms with Gasteiger partial charge in [0.2, 0.25) is 0 Å². The summed E-state index contributed by atoms with van der Waals surface area (Å²) in [7, 11) is -3.52. The summed E-state index contributed by atoms with van der Waals surface area (Å²) in [5.41, 5.74) is -4.38. The molecule has 3 atom stereocenters. The Kier molecular flexibility index (Phi) is 26.9. The van der Waals surface area contributed by atoms with Crippen LogP contribution < -0.4 is 10.6 Å². The third kappa shape index (κ3) is 25.7. The van der Waals surface area contributed by atoms with Crippen LogP contribution in [0.3, 0.4) is 0 Å². The molecule has 2 amide bonds. The van der Waals surface area contributed by atoms with Crippen molar-refractivity contribution >= 4 is 58.7 Å². The molecule has 0 aliphatic heterocycles. The average molecular weight is 1030 g/mol. The van der Waals surface area contributed by atoms with E-state index in [9.17, 15) is 33.6 Å². The lowest BCUT2D eigenvalue weighted by Crippen LogP contribution is -2.58. The van der Waals surface area contributed by atoms with Gasteiger partial charge >= 0.3 is 42.0 Å². The zero-order chi connectivity index (χ0) is 53.2. The maximum atomic E-state index is 13.7. The lowest BCUT2D eigenvalue weighted by molar-refractivity contribution is -0.166. The summed E-state index contributed by atoms with van der Waals surface area (Å²) >= 11 is 0. The number of alkyl carbamates (subject to hydrolysis) is 2. The first-order valence-corrected chi connectivity index (χ1v) is 29.6. The lowest BCUT2D eigenvalue weighted by Gasteiger charge is -2.46. The molecule has 0 saturated heterocycles. The van der Waals surface area contributed by atoms with Crippen LogP contribution in [0.25, 0.3) is 0 Å². The molecule has 70 heavy (non-hydrogen) atoms. The molecule has 396 valence electrons. The number of hydrogen-bond acceptors (Lipinski definition) is 17. The highest BCUT2D eigenvalue weighted by molar-refractivity contribution is 6.84. The van der Waals surface area contributed by atoms with Crippen molar-refractivity contribution in [2.45, 2.75) is 123 Å². The Balaban J connectivity index is 3.21. The molecule has 19 nitrogen and oxygen atoms in total. The number of rotatable bonds is 34. The van der Waals surface area contributed by atoms with Gasteiger partial charge < -0.3 is 57.4 Å². The van der Waals surface area contributed by atoms with Gasteiger partial charge in [-0.2, -0.15) is 0 Å². The Morgan fingerprint density at radius 3 is 1.44 bits per heavy atom. The summed E-state index contributed by atoms with van der Waals surface area (Å²) in [4.78, 5) is 88.2. The Morgan fingerprint density at radius 2 is 1.03 bits per heavy atom. The number of carbonyl (C=O) groups is 7. The molecule has 0 heterocycles. The summed E-state index contributed by atoms with van der Waals surface area (Å²) in [5, 5.41) is 5.89. The van der Waals surface area contributed by atoms with Gasteiger partial charge in [-0.25, -0.2) is 33.6 Å². The quantitative estimate of drug-likeness (QED) is 0.0216. The zero-order valence-corrected chi connectivity index (χ0v) is 45.0. The predicted molar refractivity (Wildman–Crippen MR) is 266 cm³/mol. The molecule has 1 aliphatic carbocycles. The second kappa shape index (κ2) is 29.9. The van der Waals surface area contributed by atoms with E-state index in [1.807, 2.05) is 20.8 Å². The molecule has 0 aromatic heterocycles. The fourth-order valence-electron chi connectivity index (χ4n) is 8.30. The Bertz CT molecular complexity index is 1730. The van der Waals surface area contributed by atoms with Gasteiger partial charge in [-0.3, -0.25) is 0 Å². The number of hydrogen-bond donors (Lipinski definition) is 2. The van der Waals surface area contributed by atoms with E-state index in [4.69, 9.17) is 46.7 Å². The summed E-state index contributed by atoms with van der Waals surface area (Å²) < 4.78 is 56.6. The van der Waals surface area contributed by atoms with Crippen LogP contribution in [0, 0.1) is 16.2 Å².